The second-order valence-corrected chi connectivity index (χ2v) is 7.26. The summed E-state index contributed by atoms with van der Waals surface area (Å²) in [5.41, 5.74) is 6.14. The van der Waals surface area contributed by atoms with Crippen LogP contribution in [0.4, 0.5) is 4.79 Å². The summed E-state index contributed by atoms with van der Waals surface area (Å²) in [5, 5.41) is 0. The Balaban J connectivity index is 1.92. The van der Waals surface area contributed by atoms with E-state index in [1.54, 1.807) is 15.5 Å². The number of rotatable bonds is 1. The minimum absolute atomic E-state index is 0.0471. The van der Waals surface area contributed by atoms with E-state index in [4.69, 9.17) is 10.5 Å². The monoisotopic (exact) mass is 331 g/mol. The van der Waals surface area contributed by atoms with Crippen LogP contribution in [0.15, 0.2) is 23.0 Å². The van der Waals surface area contributed by atoms with Crippen LogP contribution in [0.5, 0.6) is 0 Å². The van der Waals surface area contributed by atoms with Gasteiger partial charge in [-0.15, -0.1) is 0 Å². The van der Waals surface area contributed by atoms with Gasteiger partial charge in [0, 0.05) is 36.3 Å². The molecular weight excluding hydrogens is 310 g/mol. The molecule has 2 N–H and O–H groups in total. The van der Waals surface area contributed by atoms with Crippen molar-refractivity contribution in [3.8, 4) is 0 Å². The van der Waals surface area contributed by atoms with Crippen LogP contribution in [0.3, 0.4) is 0 Å². The van der Waals surface area contributed by atoms with E-state index in [2.05, 4.69) is 6.08 Å². The number of fused-ring (bicyclic) bond motifs is 3. The molecule has 3 heterocycles. The van der Waals surface area contributed by atoms with E-state index >= 15 is 0 Å². The minimum atomic E-state index is -0.641. The largest absolute Gasteiger partial charge is 0.444 e. The van der Waals surface area contributed by atoms with E-state index in [1.807, 2.05) is 20.8 Å². The van der Waals surface area contributed by atoms with Crippen molar-refractivity contribution in [2.75, 3.05) is 13.1 Å². The Hall–Kier alpha value is -2.57. The molecule has 3 rings (SSSR count). The zero-order valence-corrected chi connectivity index (χ0v) is 14.0. The highest BCUT2D eigenvalue weighted by molar-refractivity contribution is 5.93. The van der Waals surface area contributed by atoms with Crippen LogP contribution in [-0.4, -0.2) is 40.2 Å². The van der Waals surface area contributed by atoms with Gasteiger partial charge in [-0.25, -0.2) is 4.79 Å². The van der Waals surface area contributed by atoms with Crippen molar-refractivity contribution in [1.29, 1.82) is 0 Å². The Bertz CT molecular complexity index is 801. The zero-order chi connectivity index (χ0) is 17.6. The van der Waals surface area contributed by atoms with Crippen LogP contribution < -0.4 is 11.3 Å². The Morgan fingerprint density at radius 1 is 1.25 bits per heavy atom. The molecule has 0 saturated heterocycles. The quantitative estimate of drug-likeness (QED) is 0.837. The fourth-order valence-corrected chi connectivity index (χ4v) is 3.11. The lowest BCUT2D eigenvalue weighted by molar-refractivity contribution is 0.0241. The third kappa shape index (κ3) is 3.06. The van der Waals surface area contributed by atoms with Crippen molar-refractivity contribution in [3.05, 3.63) is 39.8 Å². The van der Waals surface area contributed by atoms with Gasteiger partial charge in [-0.2, -0.15) is 0 Å². The third-order valence-electron chi connectivity index (χ3n) is 4.06. The van der Waals surface area contributed by atoms with Gasteiger partial charge in [0.25, 0.3) is 5.56 Å². The molecule has 24 heavy (non-hydrogen) atoms. The number of amides is 2. The second-order valence-electron chi connectivity index (χ2n) is 7.26. The molecule has 7 nitrogen and oxygen atoms in total. The molecular formula is C17H21N3O4. The van der Waals surface area contributed by atoms with Crippen LogP contribution in [0.25, 0.3) is 5.57 Å². The van der Waals surface area contributed by atoms with Gasteiger partial charge in [0.2, 0.25) is 5.91 Å². The molecule has 1 aromatic rings. The predicted molar refractivity (Wildman–Crippen MR) is 88.5 cm³/mol. The number of aromatic nitrogens is 1. The van der Waals surface area contributed by atoms with E-state index < -0.39 is 11.5 Å². The number of hydrogen-bond acceptors (Lipinski definition) is 4. The van der Waals surface area contributed by atoms with E-state index in [9.17, 15) is 14.4 Å². The first kappa shape index (κ1) is 16.3. The molecule has 0 aliphatic carbocycles. The maximum atomic E-state index is 12.3. The van der Waals surface area contributed by atoms with E-state index in [-0.39, 0.29) is 23.1 Å². The molecule has 2 aliphatic rings. The molecule has 2 aliphatic heterocycles. The van der Waals surface area contributed by atoms with Crippen molar-refractivity contribution in [1.82, 2.24) is 9.47 Å². The van der Waals surface area contributed by atoms with E-state index in [1.165, 1.54) is 6.07 Å². The molecule has 128 valence electrons. The van der Waals surface area contributed by atoms with Crippen LogP contribution in [0.2, 0.25) is 0 Å². The minimum Gasteiger partial charge on any atom is -0.444 e. The van der Waals surface area contributed by atoms with E-state index in [0.29, 0.717) is 25.3 Å². The average Bonchev–Trinajstić information content (AvgIpc) is 2.46. The van der Waals surface area contributed by atoms with Crippen molar-refractivity contribution in [2.45, 2.75) is 32.9 Å². The van der Waals surface area contributed by atoms with Crippen molar-refractivity contribution in [2.24, 2.45) is 11.7 Å². The average molecular weight is 331 g/mol. The number of carbonyl (C=O) groups excluding carboxylic acids is 2. The first-order valence-corrected chi connectivity index (χ1v) is 7.88. The summed E-state index contributed by atoms with van der Waals surface area (Å²) in [5.74, 6) is -0.594. The molecule has 0 fully saturated rings. The van der Waals surface area contributed by atoms with Crippen molar-refractivity contribution in [3.63, 3.8) is 0 Å². The van der Waals surface area contributed by atoms with Gasteiger partial charge in [-0.05, 0) is 32.4 Å². The van der Waals surface area contributed by atoms with E-state index in [0.717, 1.165) is 5.57 Å². The Morgan fingerprint density at radius 3 is 2.58 bits per heavy atom. The molecule has 0 aromatic carbocycles. The standard InChI is InChI=1S/C17H21N3O4/c1-17(2,3)24-16(23)19-7-10-4-12(9-19)13-5-11(15(18)22)6-14(21)20(13)8-10/h4-6,10H,7-9H2,1-3H3,(H2,18,22). The topological polar surface area (TPSA) is 94.6 Å². The first-order valence-electron chi connectivity index (χ1n) is 7.88. The second kappa shape index (κ2) is 5.51. The van der Waals surface area contributed by atoms with Gasteiger partial charge >= 0.3 is 6.09 Å². The zero-order valence-electron chi connectivity index (χ0n) is 14.0. The number of carbonyl (C=O) groups is 2. The molecule has 2 amide bonds. The fraction of sp³-hybridized carbons (Fsp3) is 0.471. The Kier molecular flexibility index (Phi) is 3.74. The van der Waals surface area contributed by atoms with Gasteiger partial charge in [-0.3, -0.25) is 9.59 Å². The highest BCUT2D eigenvalue weighted by atomic mass is 16.6. The summed E-state index contributed by atoms with van der Waals surface area (Å²) in [6, 6.07) is 2.88. The summed E-state index contributed by atoms with van der Waals surface area (Å²) in [7, 11) is 0. The Morgan fingerprint density at radius 2 is 1.96 bits per heavy atom. The highest BCUT2D eigenvalue weighted by Gasteiger charge is 2.33. The lowest BCUT2D eigenvalue weighted by Gasteiger charge is -2.37. The third-order valence-corrected chi connectivity index (χ3v) is 4.06. The molecule has 1 aromatic heterocycles. The lowest BCUT2D eigenvalue weighted by atomic mass is 9.92. The van der Waals surface area contributed by atoms with Gasteiger partial charge in [0.1, 0.15) is 5.60 Å². The van der Waals surface area contributed by atoms with Crippen molar-refractivity contribution >= 4 is 17.6 Å². The molecule has 2 bridgehead atoms. The van der Waals surface area contributed by atoms with Crippen molar-refractivity contribution < 1.29 is 14.3 Å². The predicted octanol–water partition coefficient (Wildman–Crippen LogP) is 1.21. The van der Waals surface area contributed by atoms with Gasteiger partial charge in [0.05, 0.1) is 6.54 Å². The van der Waals surface area contributed by atoms with Gasteiger partial charge < -0.3 is 19.9 Å². The molecule has 0 spiro atoms. The summed E-state index contributed by atoms with van der Waals surface area (Å²) in [6.45, 7) is 6.78. The summed E-state index contributed by atoms with van der Waals surface area (Å²) in [4.78, 5) is 37.6. The molecule has 1 atom stereocenters. The normalized spacial score (nSPS) is 19.4. The van der Waals surface area contributed by atoms with Crippen LogP contribution in [0.1, 0.15) is 36.8 Å². The number of ether oxygens (including phenoxy) is 1. The number of hydrogen-bond donors (Lipinski definition) is 1. The van der Waals surface area contributed by atoms with Crippen LogP contribution >= 0.6 is 0 Å². The van der Waals surface area contributed by atoms with Gasteiger partial charge in [-0.1, -0.05) is 6.08 Å². The van der Waals surface area contributed by atoms with Crippen LogP contribution in [0, 0.1) is 5.92 Å². The fourth-order valence-electron chi connectivity index (χ4n) is 3.11. The number of pyridine rings is 1. The maximum Gasteiger partial charge on any atom is 0.410 e. The molecule has 1 unspecified atom stereocenters. The SMILES string of the molecule is CC(C)(C)OC(=O)N1CC2=CC(C1)Cn1c2cc(C(N)=O)cc1=O. The maximum absolute atomic E-state index is 12.3. The highest BCUT2D eigenvalue weighted by Crippen LogP contribution is 2.30. The smallest absolute Gasteiger partial charge is 0.410 e. The number of nitrogens with two attached hydrogens (primary N) is 1. The number of primary amides is 1. The Labute approximate surface area is 139 Å². The number of nitrogens with zero attached hydrogens (tertiary/aromatic N) is 2. The van der Waals surface area contributed by atoms with Crippen LogP contribution in [-0.2, 0) is 11.3 Å². The summed E-state index contributed by atoms with van der Waals surface area (Å²) in [6.07, 6.45) is 1.68. The molecule has 7 heteroatoms. The molecule has 0 saturated carbocycles. The molecule has 0 radical (unpaired) electrons. The first-order chi connectivity index (χ1) is 11.1. The summed E-state index contributed by atoms with van der Waals surface area (Å²) >= 11 is 0. The lowest BCUT2D eigenvalue weighted by Crippen LogP contribution is -2.46. The van der Waals surface area contributed by atoms with Gasteiger partial charge in [0.15, 0.2) is 0 Å². The summed E-state index contributed by atoms with van der Waals surface area (Å²) < 4.78 is 7.07.